The number of H-pyrrole nitrogens is 1. The van der Waals surface area contributed by atoms with Crippen molar-refractivity contribution in [3.63, 3.8) is 0 Å². The number of carbonyl (C=O) groups is 1. The maximum atomic E-state index is 12.1. The van der Waals surface area contributed by atoms with Crippen molar-refractivity contribution in [3.8, 4) is 0 Å². The first-order valence-electron chi connectivity index (χ1n) is 8.07. The highest BCUT2D eigenvalue weighted by atomic mass is 16.2. The van der Waals surface area contributed by atoms with E-state index in [1.807, 2.05) is 0 Å². The highest BCUT2D eigenvalue weighted by Gasteiger charge is 2.50. The summed E-state index contributed by atoms with van der Waals surface area (Å²) in [7, 11) is 1.50. The highest BCUT2D eigenvalue weighted by molar-refractivity contribution is 5.93. The standard InChI is InChI=1S/C17H23N3O3/c1-17(2)11-5-4-10(13(17)8-11)6-7-18-14(21)12-9-20(3)16(23)19-15(12)22/h4,9,11,13H,5-8H2,1-3H3,(H,18,21)(H,19,22,23)/t11-,13-/m0/s1. The van der Waals surface area contributed by atoms with Gasteiger partial charge in [0.15, 0.2) is 0 Å². The molecule has 6 heteroatoms. The first-order chi connectivity index (χ1) is 10.8. The molecule has 1 heterocycles. The Hall–Kier alpha value is -2.11. The minimum atomic E-state index is -0.648. The van der Waals surface area contributed by atoms with Crippen LogP contribution in [0, 0.1) is 17.3 Å². The fraction of sp³-hybridized carbons (Fsp3) is 0.588. The lowest BCUT2D eigenvalue weighted by Crippen LogP contribution is -2.48. The molecule has 1 amide bonds. The normalized spacial score (nSPS) is 24.6. The van der Waals surface area contributed by atoms with Crippen LogP contribution in [0.2, 0.25) is 0 Å². The van der Waals surface area contributed by atoms with Gasteiger partial charge in [0.25, 0.3) is 11.5 Å². The molecule has 0 spiro atoms. The van der Waals surface area contributed by atoms with Crippen molar-refractivity contribution >= 4 is 5.91 Å². The molecular weight excluding hydrogens is 294 g/mol. The maximum Gasteiger partial charge on any atom is 0.328 e. The number of fused-ring (bicyclic) bond motifs is 1. The maximum absolute atomic E-state index is 12.1. The summed E-state index contributed by atoms with van der Waals surface area (Å²) in [5.41, 5.74) is 0.593. The van der Waals surface area contributed by atoms with E-state index < -0.39 is 17.2 Å². The zero-order valence-corrected chi connectivity index (χ0v) is 13.8. The second-order valence-electron chi connectivity index (χ2n) is 7.24. The molecule has 23 heavy (non-hydrogen) atoms. The number of carbonyl (C=O) groups excluding carboxylic acids is 1. The number of nitrogens with zero attached hydrogens (tertiary/aromatic N) is 1. The second-order valence-corrected chi connectivity index (χ2v) is 7.24. The van der Waals surface area contributed by atoms with Gasteiger partial charge in [-0.3, -0.25) is 14.6 Å². The molecule has 1 fully saturated rings. The second kappa shape index (κ2) is 5.51. The summed E-state index contributed by atoms with van der Waals surface area (Å²) in [5.74, 6) is 0.984. The molecular formula is C17H23N3O3. The molecule has 124 valence electrons. The summed E-state index contributed by atoms with van der Waals surface area (Å²) < 4.78 is 1.19. The van der Waals surface area contributed by atoms with E-state index in [0.717, 1.165) is 18.8 Å². The van der Waals surface area contributed by atoms with E-state index in [1.165, 1.54) is 29.8 Å². The summed E-state index contributed by atoms with van der Waals surface area (Å²) in [4.78, 5) is 37.3. The third-order valence-electron chi connectivity index (χ3n) is 5.63. The van der Waals surface area contributed by atoms with Gasteiger partial charge < -0.3 is 9.88 Å². The van der Waals surface area contributed by atoms with Crippen molar-refractivity contribution in [1.29, 1.82) is 0 Å². The SMILES string of the molecule is Cn1cc(C(=O)NCCC2=CC[C@H]3C[C@@H]2C3(C)C)c(=O)[nH]c1=O. The van der Waals surface area contributed by atoms with E-state index in [4.69, 9.17) is 0 Å². The van der Waals surface area contributed by atoms with E-state index in [9.17, 15) is 14.4 Å². The van der Waals surface area contributed by atoms with Gasteiger partial charge in [0.2, 0.25) is 0 Å². The molecule has 2 atom stereocenters. The lowest BCUT2D eigenvalue weighted by atomic mass is 9.48. The Bertz CT molecular complexity index is 785. The van der Waals surface area contributed by atoms with Crippen molar-refractivity contribution < 1.29 is 4.79 Å². The van der Waals surface area contributed by atoms with Crippen LogP contribution in [0.25, 0.3) is 0 Å². The summed E-state index contributed by atoms with van der Waals surface area (Å²) in [6.45, 7) is 5.15. The summed E-state index contributed by atoms with van der Waals surface area (Å²) in [5, 5.41) is 2.78. The Morgan fingerprint density at radius 1 is 1.43 bits per heavy atom. The van der Waals surface area contributed by atoms with Crippen LogP contribution in [0.4, 0.5) is 0 Å². The molecule has 0 aliphatic heterocycles. The zero-order valence-electron chi connectivity index (χ0n) is 13.8. The van der Waals surface area contributed by atoms with Crippen LogP contribution in [0.5, 0.6) is 0 Å². The Labute approximate surface area is 134 Å². The molecule has 1 aromatic rings. The van der Waals surface area contributed by atoms with Crippen LogP contribution in [-0.2, 0) is 7.05 Å². The van der Waals surface area contributed by atoms with Gasteiger partial charge in [-0.25, -0.2) is 4.79 Å². The first kappa shape index (κ1) is 15.8. The number of nitrogens with one attached hydrogen (secondary N) is 2. The largest absolute Gasteiger partial charge is 0.351 e. The van der Waals surface area contributed by atoms with E-state index in [1.54, 1.807) is 0 Å². The van der Waals surface area contributed by atoms with Crippen molar-refractivity contribution in [1.82, 2.24) is 14.9 Å². The molecule has 3 aliphatic rings. The lowest BCUT2D eigenvalue weighted by Gasteiger charge is -2.56. The Morgan fingerprint density at radius 3 is 2.83 bits per heavy atom. The average molecular weight is 317 g/mol. The molecule has 3 aliphatic carbocycles. The molecule has 2 N–H and O–H groups in total. The number of rotatable bonds is 4. The number of allylic oxidation sites excluding steroid dienone is 1. The van der Waals surface area contributed by atoms with Crippen molar-refractivity contribution in [2.75, 3.05) is 6.54 Å². The molecule has 0 unspecified atom stereocenters. The van der Waals surface area contributed by atoms with Gasteiger partial charge in [0.1, 0.15) is 5.56 Å². The van der Waals surface area contributed by atoms with Gasteiger partial charge in [0.05, 0.1) is 0 Å². The quantitative estimate of drug-likeness (QED) is 0.818. The van der Waals surface area contributed by atoms with E-state index >= 15 is 0 Å². The number of aromatic amines is 1. The minimum absolute atomic E-state index is 0.0336. The fourth-order valence-corrected chi connectivity index (χ4v) is 3.90. The minimum Gasteiger partial charge on any atom is -0.351 e. The fourth-order valence-electron chi connectivity index (χ4n) is 3.90. The Morgan fingerprint density at radius 2 is 2.17 bits per heavy atom. The number of hydrogen-bond acceptors (Lipinski definition) is 3. The molecule has 0 radical (unpaired) electrons. The molecule has 0 aromatic carbocycles. The average Bonchev–Trinajstić information content (AvgIpc) is 2.50. The van der Waals surface area contributed by atoms with Gasteiger partial charge in [-0.05, 0) is 36.5 Å². The molecule has 2 bridgehead atoms. The van der Waals surface area contributed by atoms with E-state index in [2.05, 4.69) is 30.2 Å². The lowest BCUT2D eigenvalue weighted by molar-refractivity contribution is -0.00811. The van der Waals surface area contributed by atoms with Crippen LogP contribution in [-0.4, -0.2) is 22.0 Å². The molecule has 1 saturated carbocycles. The van der Waals surface area contributed by atoms with Gasteiger partial charge in [0, 0.05) is 19.8 Å². The van der Waals surface area contributed by atoms with Crippen LogP contribution in [0.3, 0.4) is 0 Å². The van der Waals surface area contributed by atoms with Gasteiger partial charge in [-0.2, -0.15) is 0 Å². The van der Waals surface area contributed by atoms with Gasteiger partial charge >= 0.3 is 5.69 Å². The first-order valence-corrected chi connectivity index (χ1v) is 8.07. The van der Waals surface area contributed by atoms with Crippen LogP contribution in [0.15, 0.2) is 27.4 Å². The van der Waals surface area contributed by atoms with Gasteiger partial charge in [-0.1, -0.05) is 25.5 Å². The summed E-state index contributed by atoms with van der Waals surface area (Å²) >= 11 is 0. The van der Waals surface area contributed by atoms with Gasteiger partial charge in [-0.15, -0.1) is 0 Å². The Kier molecular flexibility index (Phi) is 3.78. The van der Waals surface area contributed by atoms with Crippen molar-refractivity contribution in [3.05, 3.63) is 44.2 Å². The highest BCUT2D eigenvalue weighted by Crippen LogP contribution is 2.59. The molecule has 1 aromatic heterocycles. The smallest absolute Gasteiger partial charge is 0.328 e. The number of aromatic nitrogens is 2. The molecule has 6 nitrogen and oxygen atoms in total. The molecule has 0 saturated heterocycles. The van der Waals surface area contributed by atoms with Crippen molar-refractivity contribution in [2.24, 2.45) is 24.3 Å². The number of amides is 1. The zero-order chi connectivity index (χ0) is 16.8. The van der Waals surface area contributed by atoms with Crippen LogP contribution < -0.4 is 16.6 Å². The Balaban J connectivity index is 1.60. The third-order valence-corrected chi connectivity index (χ3v) is 5.63. The monoisotopic (exact) mass is 317 g/mol. The molecule has 4 rings (SSSR count). The number of aryl methyl sites for hydroxylation is 1. The predicted octanol–water partition coefficient (Wildman–Crippen LogP) is 1.19. The summed E-state index contributed by atoms with van der Waals surface area (Å²) in [6, 6.07) is 0. The number of hydrogen-bond donors (Lipinski definition) is 2. The van der Waals surface area contributed by atoms with E-state index in [0.29, 0.717) is 17.9 Å². The predicted molar refractivity (Wildman–Crippen MR) is 87.3 cm³/mol. The van der Waals surface area contributed by atoms with Crippen molar-refractivity contribution in [2.45, 2.75) is 33.1 Å². The van der Waals surface area contributed by atoms with Crippen LogP contribution in [0.1, 0.15) is 43.5 Å². The third kappa shape index (κ3) is 2.66. The van der Waals surface area contributed by atoms with Crippen LogP contribution >= 0.6 is 0 Å². The summed E-state index contributed by atoms with van der Waals surface area (Å²) in [6.07, 6.45) is 6.79. The topological polar surface area (TPSA) is 84.0 Å². The van der Waals surface area contributed by atoms with E-state index in [-0.39, 0.29) is 5.56 Å².